The number of hydrogen-bond acceptors (Lipinski definition) is 7. The molecule has 0 radical (unpaired) electrons. The van der Waals surface area contributed by atoms with Gasteiger partial charge in [-0.2, -0.15) is 4.98 Å². The van der Waals surface area contributed by atoms with Crippen molar-refractivity contribution in [3.63, 3.8) is 0 Å². The highest BCUT2D eigenvalue weighted by Crippen LogP contribution is 2.15. The molecule has 0 aliphatic rings. The fourth-order valence-electron chi connectivity index (χ4n) is 1.85. The summed E-state index contributed by atoms with van der Waals surface area (Å²) < 4.78 is 28.7. The van der Waals surface area contributed by atoms with Crippen molar-refractivity contribution in [1.29, 1.82) is 0 Å². The summed E-state index contributed by atoms with van der Waals surface area (Å²) in [6.45, 7) is 1.47. The van der Waals surface area contributed by atoms with Crippen LogP contribution >= 0.6 is 0 Å². The van der Waals surface area contributed by atoms with Crippen LogP contribution in [0.4, 0.5) is 0 Å². The van der Waals surface area contributed by atoms with Crippen molar-refractivity contribution in [2.24, 2.45) is 0 Å². The Morgan fingerprint density at radius 3 is 2.62 bits per heavy atom. The van der Waals surface area contributed by atoms with E-state index in [1.54, 1.807) is 0 Å². The summed E-state index contributed by atoms with van der Waals surface area (Å²) in [5.41, 5.74) is -0.422. The molecule has 0 aliphatic carbocycles. The molecule has 8 nitrogen and oxygen atoms in total. The number of esters is 1. The lowest BCUT2D eigenvalue weighted by molar-refractivity contribution is -0.144. The van der Waals surface area contributed by atoms with E-state index in [1.807, 2.05) is 0 Å². The topological polar surface area (TPSA) is 108 Å². The molecular formula is C12H13N3O5S. The number of nitrogens with zero attached hydrogens (tertiary/aromatic N) is 3. The van der Waals surface area contributed by atoms with E-state index in [1.165, 1.54) is 32.4 Å². The zero-order chi connectivity index (χ0) is 15.8. The SMILES string of the molecule is COC(=O)C(C)n1c(=O)ccc2cnc(S(C)(=O)=O)nc21. The number of methoxy groups -OCH3 is 1. The maximum Gasteiger partial charge on any atom is 0.328 e. The number of pyridine rings is 1. The van der Waals surface area contributed by atoms with Gasteiger partial charge in [-0.15, -0.1) is 0 Å². The normalized spacial score (nSPS) is 13.1. The van der Waals surface area contributed by atoms with E-state index in [9.17, 15) is 18.0 Å². The van der Waals surface area contributed by atoms with Gasteiger partial charge in [-0.05, 0) is 13.0 Å². The second kappa shape index (κ2) is 5.24. The van der Waals surface area contributed by atoms with E-state index in [4.69, 9.17) is 0 Å². The molecule has 0 aromatic carbocycles. The molecule has 0 aliphatic heterocycles. The number of rotatable bonds is 3. The maximum absolute atomic E-state index is 12.0. The van der Waals surface area contributed by atoms with Gasteiger partial charge in [0, 0.05) is 23.9 Å². The Bertz CT molecular complexity index is 872. The fourth-order valence-corrected chi connectivity index (χ4v) is 2.35. The molecule has 1 atom stereocenters. The molecule has 0 saturated carbocycles. The smallest absolute Gasteiger partial charge is 0.328 e. The molecular weight excluding hydrogens is 298 g/mol. The lowest BCUT2D eigenvalue weighted by atomic mass is 10.2. The van der Waals surface area contributed by atoms with Crippen molar-refractivity contribution in [2.75, 3.05) is 13.4 Å². The number of ether oxygens (including phenoxy) is 1. The minimum Gasteiger partial charge on any atom is -0.467 e. The third kappa shape index (κ3) is 2.77. The van der Waals surface area contributed by atoms with Gasteiger partial charge in [0.1, 0.15) is 11.7 Å². The Morgan fingerprint density at radius 1 is 1.38 bits per heavy atom. The molecule has 112 valence electrons. The standard InChI is InChI=1S/C12H13N3O5S/c1-7(11(17)20-2)15-9(16)5-4-8-6-13-12(14-10(8)15)21(3,18)19/h4-7H,1-3H3. The van der Waals surface area contributed by atoms with Crippen LogP contribution in [0.15, 0.2) is 28.3 Å². The predicted molar refractivity (Wildman–Crippen MR) is 73.6 cm³/mol. The maximum atomic E-state index is 12.0. The van der Waals surface area contributed by atoms with E-state index in [-0.39, 0.29) is 5.65 Å². The highest BCUT2D eigenvalue weighted by molar-refractivity contribution is 7.90. The van der Waals surface area contributed by atoms with Gasteiger partial charge in [0.2, 0.25) is 15.0 Å². The molecule has 2 rings (SSSR count). The Hall–Kier alpha value is -2.29. The number of fused-ring (bicyclic) bond motifs is 1. The van der Waals surface area contributed by atoms with Gasteiger partial charge in [0.05, 0.1) is 7.11 Å². The minimum absolute atomic E-state index is 0.0656. The van der Waals surface area contributed by atoms with Crippen LogP contribution in [0.2, 0.25) is 0 Å². The molecule has 9 heteroatoms. The van der Waals surface area contributed by atoms with Crippen molar-refractivity contribution >= 4 is 26.8 Å². The lowest BCUT2D eigenvalue weighted by Gasteiger charge is -2.15. The Balaban J connectivity index is 2.82. The van der Waals surface area contributed by atoms with Crippen LogP contribution in [0.25, 0.3) is 11.0 Å². The van der Waals surface area contributed by atoms with Crippen LogP contribution < -0.4 is 5.56 Å². The van der Waals surface area contributed by atoms with E-state index in [0.29, 0.717) is 5.39 Å². The highest BCUT2D eigenvalue weighted by Gasteiger charge is 2.21. The first-order valence-electron chi connectivity index (χ1n) is 5.92. The van der Waals surface area contributed by atoms with Gasteiger partial charge < -0.3 is 4.74 Å². The van der Waals surface area contributed by atoms with Crippen molar-refractivity contribution in [3.05, 3.63) is 28.7 Å². The summed E-state index contributed by atoms with van der Waals surface area (Å²) in [7, 11) is -2.43. The molecule has 0 spiro atoms. The first-order valence-corrected chi connectivity index (χ1v) is 7.81. The van der Waals surface area contributed by atoms with Crippen molar-refractivity contribution in [2.45, 2.75) is 18.1 Å². The summed E-state index contributed by atoms with van der Waals surface area (Å²) >= 11 is 0. The van der Waals surface area contributed by atoms with Crippen LogP contribution in [-0.2, 0) is 19.4 Å². The number of carbonyl (C=O) groups excluding carboxylic acids is 1. The molecule has 0 bridgehead atoms. The van der Waals surface area contributed by atoms with Crippen LogP contribution in [0.1, 0.15) is 13.0 Å². The summed E-state index contributed by atoms with van der Waals surface area (Å²) in [5.74, 6) is -0.635. The van der Waals surface area contributed by atoms with Gasteiger partial charge >= 0.3 is 5.97 Å². The monoisotopic (exact) mass is 311 g/mol. The molecule has 0 amide bonds. The molecule has 0 N–H and O–H groups in total. The second-order valence-corrected chi connectivity index (χ2v) is 6.35. The Kier molecular flexibility index (Phi) is 3.77. The van der Waals surface area contributed by atoms with Crippen LogP contribution in [0.5, 0.6) is 0 Å². The third-order valence-corrected chi connectivity index (χ3v) is 3.77. The quantitative estimate of drug-likeness (QED) is 0.576. The van der Waals surface area contributed by atoms with E-state index in [0.717, 1.165) is 10.8 Å². The van der Waals surface area contributed by atoms with Crippen LogP contribution in [-0.4, -0.2) is 42.3 Å². The summed E-state index contributed by atoms with van der Waals surface area (Å²) in [4.78, 5) is 31.3. The van der Waals surface area contributed by atoms with Crippen LogP contribution in [0, 0.1) is 0 Å². The van der Waals surface area contributed by atoms with Crippen molar-refractivity contribution in [3.8, 4) is 0 Å². The number of aromatic nitrogens is 3. The van der Waals surface area contributed by atoms with Crippen LogP contribution in [0.3, 0.4) is 0 Å². The zero-order valence-corrected chi connectivity index (χ0v) is 12.4. The predicted octanol–water partition coefficient (Wildman–Crippen LogP) is -0.0710. The average molecular weight is 311 g/mol. The van der Waals surface area contributed by atoms with E-state index < -0.39 is 32.6 Å². The summed E-state index contributed by atoms with van der Waals surface area (Å²) in [5, 5.41) is 0.0316. The molecule has 2 aromatic heterocycles. The van der Waals surface area contributed by atoms with Gasteiger partial charge in [-0.1, -0.05) is 0 Å². The largest absolute Gasteiger partial charge is 0.467 e. The molecule has 21 heavy (non-hydrogen) atoms. The molecule has 0 saturated heterocycles. The summed E-state index contributed by atoms with van der Waals surface area (Å²) in [6.07, 6.45) is 2.25. The van der Waals surface area contributed by atoms with Crippen molar-refractivity contribution in [1.82, 2.24) is 14.5 Å². The van der Waals surface area contributed by atoms with Gasteiger partial charge in [0.25, 0.3) is 5.56 Å². The third-order valence-electron chi connectivity index (χ3n) is 2.91. The Morgan fingerprint density at radius 2 is 2.05 bits per heavy atom. The van der Waals surface area contributed by atoms with Gasteiger partial charge in [-0.3, -0.25) is 9.36 Å². The molecule has 2 heterocycles. The molecule has 1 unspecified atom stereocenters. The summed E-state index contributed by atoms with van der Waals surface area (Å²) in [6, 6.07) is 1.78. The second-order valence-electron chi connectivity index (χ2n) is 4.44. The van der Waals surface area contributed by atoms with Gasteiger partial charge in [-0.25, -0.2) is 18.2 Å². The molecule has 0 fully saturated rings. The first kappa shape index (κ1) is 15.1. The number of sulfone groups is 1. The highest BCUT2D eigenvalue weighted by atomic mass is 32.2. The van der Waals surface area contributed by atoms with E-state index in [2.05, 4.69) is 14.7 Å². The fraction of sp³-hybridized carbons (Fsp3) is 0.333. The number of hydrogen-bond donors (Lipinski definition) is 0. The van der Waals surface area contributed by atoms with E-state index >= 15 is 0 Å². The lowest BCUT2D eigenvalue weighted by Crippen LogP contribution is -2.29. The minimum atomic E-state index is -3.63. The van der Waals surface area contributed by atoms with Gasteiger partial charge in [0.15, 0.2) is 0 Å². The number of carbonyl (C=O) groups is 1. The first-order chi connectivity index (χ1) is 9.75. The Labute approximate surface area is 120 Å². The zero-order valence-electron chi connectivity index (χ0n) is 11.6. The molecule has 2 aromatic rings. The average Bonchev–Trinajstić information content (AvgIpc) is 2.44. The van der Waals surface area contributed by atoms with Crippen molar-refractivity contribution < 1.29 is 17.9 Å².